The summed E-state index contributed by atoms with van der Waals surface area (Å²) in [6.07, 6.45) is 4.43. The molecule has 0 spiro atoms. The van der Waals surface area contributed by atoms with E-state index < -0.39 is 0 Å². The molecule has 0 saturated heterocycles. The summed E-state index contributed by atoms with van der Waals surface area (Å²) >= 11 is 0. The minimum Gasteiger partial charge on any atom is -0.494 e. The highest BCUT2D eigenvalue weighted by Crippen LogP contribution is 2.13. The standard InChI is InChI=1S/C15H21N3O2/c1-2-17-8-9-18(15(17)19)7-4-10-20-14-6-3-5-13(11-14)12-16/h3,5-6,8-9,11H,2,4,7,10,12,16H2,1H3. The first-order valence-electron chi connectivity index (χ1n) is 6.92. The Morgan fingerprint density at radius 3 is 2.75 bits per heavy atom. The zero-order valence-corrected chi connectivity index (χ0v) is 11.8. The quantitative estimate of drug-likeness (QED) is 0.781. The lowest BCUT2D eigenvalue weighted by molar-refractivity contribution is 0.300. The lowest BCUT2D eigenvalue weighted by atomic mass is 10.2. The SMILES string of the molecule is CCn1ccn(CCCOc2cccc(CN)c2)c1=O. The number of hydrogen-bond acceptors (Lipinski definition) is 3. The van der Waals surface area contributed by atoms with Crippen LogP contribution in [0.15, 0.2) is 41.5 Å². The van der Waals surface area contributed by atoms with Crippen LogP contribution in [0.5, 0.6) is 5.75 Å². The summed E-state index contributed by atoms with van der Waals surface area (Å²) in [7, 11) is 0. The summed E-state index contributed by atoms with van der Waals surface area (Å²) in [6.45, 7) is 4.42. The van der Waals surface area contributed by atoms with E-state index in [-0.39, 0.29) is 5.69 Å². The highest BCUT2D eigenvalue weighted by molar-refractivity contribution is 5.28. The number of nitrogens with two attached hydrogens (primary N) is 1. The van der Waals surface area contributed by atoms with Crippen molar-refractivity contribution in [3.63, 3.8) is 0 Å². The summed E-state index contributed by atoms with van der Waals surface area (Å²) in [5.74, 6) is 0.825. The summed E-state index contributed by atoms with van der Waals surface area (Å²) in [5.41, 5.74) is 6.68. The van der Waals surface area contributed by atoms with Crippen LogP contribution < -0.4 is 16.2 Å². The van der Waals surface area contributed by atoms with Crippen molar-refractivity contribution in [1.82, 2.24) is 9.13 Å². The molecule has 0 aliphatic rings. The van der Waals surface area contributed by atoms with Crippen LogP contribution in [0.25, 0.3) is 0 Å². The second-order valence-electron chi connectivity index (χ2n) is 4.61. The van der Waals surface area contributed by atoms with Gasteiger partial charge >= 0.3 is 5.69 Å². The van der Waals surface area contributed by atoms with E-state index in [1.807, 2.05) is 43.6 Å². The van der Waals surface area contributed by atoms with Crippen LogP contribution in [0, 0.1) is 0 Å². The van der Waals surface area contributed by atoms with Crippen LogP contribution in [0.1, 0.15) is 18.9 Å². The molecule has 1 aromatic heterocycles. The molecule has 0 atom stereocenters. The van der Waals surface area contributed by atoms with E-state index in [1.54, 1.807) is 9.13 Å². The Bertz CT molecular complexity index is 601. The van der Waals surface area contributed by atoms with Crippen LogP contribution in [0.3, 0.4) is 0 Å². The third-order valence-corrected chi connectivity index (χ3v) is 3.20. The normalized spacial score (nSPS) is 10.7. The summed E-state index contributed by atoms with van der Waals surface area (Å²) in [6, 6.07) is 7.77. The van der Waals surface area contributed by atoms with E-state index in [0.29, 0.717) is 26.2 Å². The van der Waals surface area contributed by atoms with Crippen molar-refractivity contribution in [2.45, 2.75) is 33.0 Å². The van der Waals surface area contributed by atoms with Gasteiger partial charge in [0.2, 0.25) is 0 Å². The fourth-order valence-electron chi connectivity index (χ4n) is 2.05. The Labute approximate surface area is 118 Å². The Kier molecular flexibility index (Phi) is 5.01. The van der Waals surface area contributed by atoms with Crippen LogP contribution in [-0.2, 0) is 19.6 Å². The van der Waals surface area contributed by atoms with Crippen molar-refractivity contribution >= 4 is 0 Å². The molecule has 2 rings (SSSR count). The fraction of sp³-hybridized carbons (Fsp3) is 0.400. The molecule has 0 unspecified atom stereocenters. The predicted octanol–water partition coefficient (Wildman–Crippen LogP) is 1.60. The van der Waals surface area contributed by atoms with E-state index in [1.165, 1.54) is 0 Å². The van der Waals surface area contributed by atoms with Gasteiger partial charge in [-0.1, -0.05) is 12.1 Å². The largest absolute Gasteiger partial charge is 0.494 e. The Morgan fingerprint density at radius 2 is 2.05 bits per heavy atom. The number of aryl methyl sites for hydroxylation is 2. The number of ether oxygens (including phenoxy) is 1. The number of nitrogens with zero attached hydrogens (tertiary/aromatic N) is 2. The van der Waals surface area contributed by atoms with Gasteiger partial charge in [-0.25, -0.2) is 4.79 Å². The molecular formula is C15H21N3O2. The molecule has 0 amide bonds. The van der Waals surface area contributed by atoms with Gasteiger partial charge in [0.15, 0.2) is 0 Å². The molecule has 5 nitrogen and oxygen atoms in total. The van der Waals surface area contributed by atoms with Crippen molar-refractivity contribution in [2.75, 3.05) is 6.61 Å². The molecule has 2 N–H and O–H groups in total. The molecule has 1 heterocycles. The minimum absolute atomic E-state index is 0.0395. The van der Waals surface area contributed by atoms with Crippen LogP contribution in [0.2, 0.25) is 0 Å². The third kappa shape index (κ3) is 3.51. The van der Waals surface area contributed by atoms with Gasteiger partial charge in [0.05, 0.1) is 6.61 Å². The van der Waals surface area contributed by atoms with Gasteiger partial charge in [0, 0.05) is 32.0 Å². The van der Waals surface area contributed by atoms with Crippen LogP contribution in [-0.4, -0.2) is 15.7 Å². The Balaban J connectivity index is 1.81. The Hall–Kier alpha value is -2.01. The lowest BCUT2D eigenvalue weighted by Gasteiger charge is -2.07. The van der Waals surface area contributed by atoms with Gasteiger partial charge in [-0.15, -0.1) is 0 Å². The smallest absolute Gasteiger partial charge is 0.328 e. The zero-order chi connectivity index (χ0) is 14.4. The van der Waals surface area contributed by atoms with Crippen LogP contribution in [0.4, 0.5) is 0 Å². The molecule has 1 aromatic carbocycles. The average Bonchev–Trinajstić information content (AvgIpc) is 2.84. The molecule has 108 valence electrons. The summed E-state index contributed by atoms with van der Waals surface area (Å²) in [5, 5.41) is 0. The lowest BCUT2D eigenvalue weighted by Crippen LogP contribution is -2.24. The second-order valence-corrected chi connectivity index (χ2v) is 4.61. The molecule has 0 aliphatic heterocycles. The monoisotopic (exact) mass is 275 g/mol. The zero-order valence-electron chi connectivity index (χ0n) is 11.8. The minimum atomic E-state index is 0.0395. The topological polar surface area (TPSA) is 62.2 Å². The molecule has 0 bridgehead atoms. The van der Waals surface area contributed by atoms with E-state index in [4.69, 9.17) is 10.5 Å². The van der Waals surface area contributed by atoms with E-state index in [9.17, 15) is 4.79 Å². The Morgan fingerprint density at radius 1 is 1.25 bits per heavy atom. The van der Waals surface area contributed by atoms with Gasteiger partial charge in [-0.2, -0.15) is 0 Å². The molecule has 0 aliphatic carbocycles. The third-order valence-electron chi connectivity index (χ3n) is 3.20. The fourth-order valence-corrected chi connectivity index (χ4v) is 2.05. The summed E-state index contributed by atoms with van der Waals surface area (Å²) < 4.78 is 9.06. The highest BCUT2D eigenvalue weighted by atomic mass is 16.5. The molecule has 20 heavy (non-hydrogen) atoms. The van der Waals surface area contributed by atoms with Gasteiger partial charge in [-0.05, 0) is 31.0 Å². The number of benzene rings is 1. The second kappa shape index (κ2) is 6.96. The first-order chi connectivity index (χ1) is 9.74. The average molecular weight is 275 g/mol. The van der Waals surface area contributed by atoms with Crippen LogP contribution >= 0.6 is 0 Å². The van der Waals surface area contributed by atoms with Gasteiger partial charge < -0.3 is 10.5 Å². The summed E-state index contributed by atoms with van der Waals surface area (Å²) in [4.78, 5) is 11.8. The van der Waals surface area contributed by atoms with Crippen molar-refractivity contribution in [1.29, 1.82) is 0 Å². The highest BCUT2D eigenvalue weighted by Gasteiger charge is 2.01. The van der Waals surface area contributed by atoms with E-state index in [2.05, 4.69) is 0 Å². The van der Waals surface area contributed by atoms with Crippen molar-refractivity contribution < 1.29 is 4.74 Å². The predicted molar refractivity (Wildman–Crippen MR) is 78.8 cm³/mol. The maximum absolute atomic E-state index is 11.8. The molecule has 0 fully saturated rings. The van der Waals surface area contributed by atoms with Crippen molar-refractivity contribution in [3.8, 4) is 5.75 Å². The number of aromatic nitrogens is 2. The van der Waals surface area contributed by atoms with Gasteiger partial charge in [0.1, 0.15) is 5.75 Å². The van der Waals surface area contributed by atoms with E-state index in [0.717, 1.165) is 17.7 Å². The molecule has 5 heteroatoms. The number of imidazole rings is 1. The first-order valence-corrected chi connectivity index (χ1v) is 6.92. The molecule has 0 saturated carbocycles. The molecular weight excluding hydrogens is 254 g/mol. The van der Waals surface area contributed by atoms with Crippen molar-refractivity contribution in [3.05, 3.63) is 52.7 Å². The first kappa shape index (κ1) is 14.4. The van der Waals surface area contributed by atoms with Gasteiger partial charge in [0.25, 0.3) is 0 Å². The van der Waals surface area contributed by atoms with Gasteiger partial charge in [-0.3, -0.25) is 9.13 Å². The van der Waals surface area contributed by atoms with Crippen molar-refractivity contribution in [2.24, 2.45) is 5.73 Å². The number of rotatable bonds is 7. The maximum Gasteiger partial charge on any atom is 0.328 e. The molecule has 2 aromatic rings. The maximum atomic E-state index is 11.8. The molecule has 0 radical (unpaired) electrons. The van der Waals surface area contributed by atoms with E-state index >= 15 is 0 Å². The number of hydrogen-bond donors (Lipinski definition) is 1.